The second-order valence-electron chi connectivity index (χ2n) is 9.85. The molecule has 1 saturated carbocycles. The molecule has 3 aromatic rings. The van der Waals surface area contributed by atoms with Gasteiger partial charge in [-0.2, -0.15) is 0 Å². The Balaban J connectivity index is 1.28. The number of likely N-dealkylation sites (tertiary alicyclic amines) is 1. The quantitative estimate of drug-likeness (QED) is 0.490. The first kappa shape index (κ1) is 21.5. The summed E-state index contributed by atoms with van der Waals surface area (Å²) in [7, 11) is 1.73. The number of pyridine rings is 1. The van der Waals surface area contributed by atoms with Crippen LogP contribution in [0.15, 0.2) is 48.5 Å². The van der Waals surface area contributed by atoms with Crippen LogP contribution in [0.25, 0.3) is 22.4 Å². The van der Waals surface area contributed by atoms with Crippen LogP contribution in [-0.4, -0.2) is 43.3 Å². The van der Waals surface area contributed by atoms with Crippen LogP contribution >= 0.6 is 0 Å². The number of hydrogen-bond acceptors (Lipinski definition) is 5. The first-order valence-electron chi connectivity index (χ1n) is 12.5. The molecule has 2 aliphatic heterocycles. The Hall–Kier alpha value is -3.05. The number of rotatable bonds is 5. The molecule has 6 rings (SSSR count). The fraction of sp³-hybridized carbons (Fsp3) is 0.414. The molecule has 1 aliphatic carbocycles. The minimum atomic E-state index is 0.588. The van der Waals surface area contributed by atoms with E-state index in [0.29, 0.717) is 13.2 Å². The minimum Gasteiger partial charge on any atom is -0.486 e. The lowest BCUT2D eigenvalue weighted by Gasteiger charge is -2.20. The number of aromatic nitrogens is 1. The van der Waals surface area contributed by atoms with E-state index in [-0.39, 0.29) is 0 Å². The van der Waals surface area contributed by atoms with Crippen LogP contribution in [0.3, 0.4) is 0 Å². The number of ether oxygens (including phenoxy) is 3. The zero-order chi connectivity index (χ0) is 23.1. The van der Waals surface area contributed by atoms with Gasteiger partial charge in [0.1, 0.15) is 13.2 Å². The maximum Gasteiger partial charge on any atom is 0.218 e. The third kappa shape index (κ3) is 3.92. The van der Waals surface area contributed by atoms with Crippen molar-refractivity contribution in [3.8, 4) is 39.8 Å². The van der Waals surface area contributed by atoms with Crippen LogP contribution in [0.4, 0.5) is 0 Å². The third-order valence-corrected chi connectivity index (χ3v) is 7.79. The first-order chi connectivity index (χ1) is 16.7. The molecule has 2 atom stereocenters. The van der Waals surface area contributed by atoms with Crippen LogP contribution < -0.4 is 14.2 Å². The van der Waals surface area contributed by atoms with Gasteiger partial charge in [0, 0.05) is 30.8 Å². The number of hydrogen-bond donors (Lipinski definition) is 0. The summed E-state index contributed by atoms with van der Waals surface area (Å²) in [5.74, 6) is 4.14. The summed E-state index contributed by atoms with van der Waals surface area (Å²) in [5, 5.41) is 0. The average Bonchev–Trinajstić information content (AvgIpc) is 3.46. The fourth-order valence-corrected chi connectivity index (χ4v) is 6.06. The Kier molecular flexibility index (Phi) is 5.66. The van der Waals surface area contributed by atoms with Gasteiger partial charge in [-0.1, -0.05) is 36.8 Å². The number of benzene rings is 2. The molecule has 3 heterocycles. The molecule has 2 unspecified atom stereocenters. The van der Waals surface area contributed by atoms with Crippen molar-refractivity contribution in [1.29, 1.82) is 0 Å². The summed E-state index contributed by atoms with van der Waals surface area (Å²) in [5.41, 5.74) is 6.71. The summed E-state index contributed by atoms with van der Waals surface area (Å²) in [6.07, 6.45) is 4.20. The number of methoxy groups -OCH3 is 1. The highest BCUT2D eigenvalue weighted by atomic mass is 16.6. The predicted molar refractivity (Wildman–Crippen MR) is 133 cm³/mol. The van der Waals surface area contributed by atoms with Crippen molar-refractivity contribution in [2.45, 2.75) is 32.7 Å². The molecule has 3 aliphatic rings. The predicted octanol–water partition coefficient (Wildman–Crippen LogP) is 5.74. The lowest BCUT2D eigenvalue weighted by Crippen LogP contribution is -2.21. The van der Waals surface area contributed by atoms with Crippen molar-refractivity contribution in [1.82, 2.24) is 9.88 Å². The Morgan fingerprint density at radius 1 is 0.941 bits per heavy atom. The zero-order valence-corrected chi connectivity index (χ0v) is 20.0. The monoisotopic (exact) mass is 456 g/mol. The molecule has 0 bridgehead atoms. The molecular weight excluding hydrogens is 424 g/mol. The molecule has 0 radical (unpaired) electrons. The van der Waals surface area contributed by atoms with Crippen LogP contribution in [0.1, 0.15) is 30.4 Å². The van der Waals surface area contributed by atoms with E-state index in [1.54, 1.807) is 7.11 Å². The molecule has 0 N–H and O–H groups in total. The molecule has 176 valence electrons. The highest BCUT2D eigenvalue weighted by Crippen LogP contribution is 2.40. The number of nitrogens with zero attached hydrogens (tertiary/aromatic N) is 2. The molecule has 2 aromatic carbocycles. The Labute approximate surface area is 201 Å². The second kappa shape index (κ2) is 8.95. The largest absolute Gasteiger partial charge is 0.486 e. The molecule has 5 nitrogen and oxygen atoms in total. The van der Waals surface area contributed by atoms with Gasteiger partial charge in [-0.3, -0.25) is 4.90 Å². The lowest BCUT2D eigenvalue weighted by molar-refractivity contribution is 0.171. The normalized spacial score (nSPS) is 21.5. The van der Waals surface area contributed by atoms with E-state index >= 15 is 0 Å². The second-order valence-corrected chi connectivity index (χ2v) is 9.85. The van der Waals surface area contributed by atoms with Gasteiger partial charge in [-0.15, -0.1) is 0 Å². The van der Waals surface area contributed by atoms with E-state index in [4.69, 9.17) is 19.2 Å². The summed E-state index contributed by atoms with van der Waals surface area (Å²) in [4.78, 5) is 7.53. The molecule has 34 heavy (non-hydrogen) atoms. The topological polar surface area (TPSA) is 43.8 Å². The molecule has 2 fully saturated rings. The van der Waals surface area contributed by atoms with E-state index in [9.17, 15) is 0 Å². The Morgan fingerprint density at radius 2 is 1.71 bits per heavy atom. The average molecular weight is 457 g/mol. The minimum absolute atomic E-state index is 0.588. The maximum absolute atomic E-state index is 5.80. The molecule has 1 saturated heterocycles. The summed E-state index contributed by atoms with van der Waals surface area (Å²) < 4.78 is 17.3. The van der Waals surface area contributed by atoms with E-state index < -0.39 is 0 Å². The molecule has 0 amide bonds. The van der Waals surface area contributed by atoms with Crippen LogP contribution in [0.2, 0.25) is 0 Å². The molecule has 5 heteroatoms. The van der Waals surface area contributed by atoms with Gasteiger partial charge in [-0.25, -0.2) is 4.98 Å². The van der Waals surface area contributed by atoms with E-state index in [2.05, 4.69) is 54.3 Å². The molecular formula is C29H32N2O3. The van der Waals surface area contributed by atoms with Gasteiger partial charge >= 0.3 is 0 Å². The first-order valence-corrected chi connectivity index (χ1v) is 12.5. The summed E-state index contributed by atoms with van der Waals surface area (Å²) >= 11 is 0. The lowest BCUT2D eigenvalue weighted by atomic mass is 9.94. The van der Waals surface area contributed by atoms with Crippen molar-refractivity contribution in [3.63, 3.8) is 0 Å². The summed E-state index contributed by atoms with van der Waals surface area (Å²) in [6, 6.07) is 16.9. The Morgan fingerprint density at radius 3 is 2.50 bits per heavy atom. The van der Waals surface area contributed by atoms with E-state index in [1.165, 1.54) is 49.0 Å². The molecule has 0 spiro atoms. The van der Waals surface area contributed by atoms with E-state index in [0.717, 1.165) is 52.6 Å². The van der Waals surface area contributed by atoms with Crippen LogP contribution in [-0.2, 0) is 6.54 Å². The van der Waals surface area contributed by atoms with Crippen molar-refractivity contribution >= 4 is 0 Å². The SMILES string of the molecule is COc1nc(-c2cccc(-c3ccc4c(c3)OCCO4)c2C)ccc1CN1CC2CCCC2C1. The molecule has 1 aromatic heterocycles. The van der Waals surface area contributed by atoms with Gasteiger partial charge in [0.05, 0.1) is 12.8 Å². The smallest absolute Gasteiger partial charge is 0.218 e. The summed E-state index contributed by atoms with van der Waals surface area (Å²) in [6.45, 7) is 6.69. The highest BCUT2D eigenvalue weighted by molar-refractivity contribution is 5.78. The van der Waals surface area contributed by atoms with Gasteiger partial charge < -0.3 is 14.2 Å². The van der Waals surface area contributed by atoms with E-state index in [1.807, 2.05) is 6.07 Å². The van der Waals surface area contributed by atoms with Gasteiger partial charge in [0.25, 0.3) is 0 Å². The zero-order valence-electron chi connectivity index (χ0n) is 20.0. The van der Waals surface area contributed by atoms with Crippen molar-refractivity contribution in [2.75, 3.05) is 33.4 Å². The van der Waals surface area contributed by atoms with Crippen LogP contribution in [0.5, 0.6) is 17.4 Å². The highest BCUT2D eigenvalue weighted by Gasteiger charge is 2.36. The van der Waals surface area contributed by atoms with Gasteiger partial charge in [-0.05, 0) is 66.5 Å². The standard InChI is InChI=1S/C29H32N2O3/c1-19-24(20-10-12-27-28(15-20)34-14-13-33-27)7-4-8-25(19)26-11-9-23(29(30-26)32-2)18-31-16-21-5-3-6-22(21)17-31/h4,7-12,15,21-22H,3,5-6,13-14,16-18H2,1-2H3. The van der Waals surface area contributed by atoms with Gasteiger partial charge in [0.15, 0.2) is 11.5 Å². The van der Waals surface area contributed by atoms with Gasteiger partial charge in [0.2, 0.25) is 5.88 Å². The van der Waals surface area contributed by atoms with Crippen molar-refractivity contribution in [2.24, 2.45) is 11.8 Å². The van der Waals surface area contributed by atoms with Crippen molar-refractivity contribution in [3.05, 3.63) is 59.7 Å². The Bertz CT molecular complexity index is 1200. The fourth-order valence-electron chi connectivity index (χ4n) is 6.06. The van der Waals surface area contributed by atoms with Crippen molar-refractivity contribution < 1.29 is 14.2 Å². The van der Waals surface area contributed by atoms with Crippen LogP contribution in [0, 0.1) is 18.8 Å². The maximum atomic E-state index is 5.80. The third-order valence-electron chi connectivity index (χ3n) is 7.79. The number of fused-ring (bicyclic) bond motifs is 2.